The average Bonchev–Trinajstić information content (AvgIpc) is 2.19. The molecular weight excluding hydrogens is 337 g/mol. The van der Waals surface area contributed by atoms with Crippen LogP contribution in [-0.2, 0) is 16.2 Å². The number of anilines is 1. The molecule has 0 fully saturated rings. The molecule has 1 N–H and O–H groups in total. The Balaban J connectivity index is 3.15. The average molecular weight is 343 g/mol. The third kappa shape index (κ3) is 3.89. The van der Waals surface area contributed by atoms with Crippen molar-refractivity contribution >= 4 is 31.6 Å². The van der Waals surface area contributed by atoms with Crippen LogP contribution in [0.25, 0.3) is 0 Å². The van der Waals surface area contributed by atoms with E-state index in [-0.39, 0.29) is 10.2 Å². The molecule has 18 heavy (non-hydrogen) atoms. The van der Waals surface area contributed by atoms with Gasteiger partial charge in [0, 0.05) is 4.47 Å². The van der Waals surface area contributed by atoms with Gasteiger partial charge < -0.3 is 0 Å². The quantitative estimate of drug-likeness (QED) is 0.918. The van der Waals surface area contributed by atoms with E-state index in [1.165, 1.54) is 6.07 Å². The zero-order valence-electron chi connectivity index (χ0n) is 8.62. The zero-order chi connectivity index (χ0) is 14.0. The van der Waals surface area contributed by atoms with Crippen molar-refractivity contribution in [2.45, 2.75) is 6.18 Å². The first-order valence-corrected chi connectivity index (χ1v) is 6.84. The molecule has 4 nitrogen and oxygen atoms in total. The molecule has 0 unspecified atom stereocenters. The van der Waals surface area contributed by atoms with Crippen molar-refractivity contribution in [2.24, 2.45) is 0 Å². The highest BCUT2D eigenvalue weighted by atomic mass is 79.9. The van der Waals surface area contributed by atoms with E-state index in [0.29, 0.717) is 6.07 Å². The van der Waals surface area contributed by atoms with Crippen LogP contribution in [0, 0.1) is 11.3 Å². The summed E-state index contributed by atoms with van der Waals surface area (Å²) in [4.78, 5) is 0. The first-order chi connectivity index (χ1) is 8.15. The highest BCUT2D eigenvalue weighted by molar-refractivity contribution is 9.10. The number of nitrogens with zero attached hydrogens (tertiary/aromatic N) is 1. The Hall–Kier alpha value is -1.27. The Morgan fingerprint density at radius 3 is 2.50 bits per heavy atom. The lowest BCUT2D eigenvalue weighted by Gasteiger charge is -2.11. The van der Waals surface area contributed by atoms with Gasteiger partial charge in [0.2, 0.25) is 10.0 Å². The molecule has 0 aliphatic heterocycles. The first kappa shape index (κ1) is 14.8. The molecule has 0 saturated heterocycles. The van der Waals surface area contributed by atoms with Gasteiger partial charge in [0.05, 0.1) is 17.3 Å². The minimum absolute atomic E-state index is 0.150. The maximum Gasteiger partial charge on any atom is 0.416 e. The fourth-order valence-electron chi connectivity index (χ4n) is 1.07. The van der Waals surface area contributed by atoms with Gasteiger partial charge in [0.1, 0.15) is 0 Å². The van der Waals surface area contributed by atoms with Crippen LogP contribution in [-0.4, -0.2) is 14.2 Å². The fourth-order valence-corrected chi connectivity index (χ4v) is 2.29. The molecule has 0 amide bonds. The van der Waals surface area contributed by atoms with Crippen molar-refractivity contribution in [2.75, 3.05) is 10.5 Å². The number of nitrogens with one attached hydrogen (secondary N) is 1. The smallest absolute Gasteiger partial charge is 0.282 e. The van der Waals surface area contributed by atoms with Crippen LogP contribution in [0.4, 0.5) is 18.9 Å². The van der Waals surface area contributed by atoms with Crippen LogP contribution in [0.5, 0.6) is 0 Å². The predicted molar refractivity (Wildman–Crippen MR) is 62.2 cm³/mol. The SMILES string of the molecule is N#CCS(=O)(=O)Nc1cc(C(F)(F)F)ccc1Br. The third-order valence-corrected chi connectivity index (χ3v) is 3.55. The molecule has 98 valence electrons. The van der Waals surface area contributed by atoms with Crippen LogP contribution >= 0.6 is 15.9 Å². The Kier molecular flexibility index (Phi) is 4.24. The van der Waals surface area contributed by atoms with E-state index in [9.17, 15) is 21.6 Å². The van der Waals surface area contributed by atoms with Gasteiger partial charge in [-0.25, -0.2) is 8.42 Å². The molecule has 0 bridgehead atoms. The maximum absolute atomic E-state index is 12.4. The number of benzene rings is 1. The summed E-state index contributed by atoms with van der Waals surface area (Å²) in [5, 5.41) is 8.27. The summed E-state index contributed by atoms with van der Waals surface area (Å²) in [6, 6.07) is 3.94. The topological polar surface area (TPSA) is 70.0 Å². The molecule has 9 heteroatoms. The van der Waals surface area contributed by atoms with Crippen molar-refractivity contribution in [3.63, 3.8) is 0 Å². The third-order valence-electron chi connectivity index (χ3n) is 1.81. The van der Waals surface area contributed by atoms with E-state index >= 15 is 0 Å². The summed E-state index contributed by atoms with van der Waals surface area (Å²) in [5.41, 5.74) is -1.25. The summed E-state index contributed by atoms with van der Waals surface area (Å²) in [6.07, 6.45) is -4.57. The number of hydrogen-bond acceptors (Lipinski definition) is 3. The highest BCUT2D eigenvalue weighted by Gasteiger charge is 2.31. The lowest BCUT2D eigenvalue weighted by molar-refractivity contribution is -0.137. The fraction of sp³-hybridized carbons (Fsp3) is 0.222. The van der Waals surface area contributed by atoms with Crippen LogP contribution in [0.2, 0.25) is 0 Å². The Morgan fingerprint density at radius 2 is 2.00 bits per heavy atom. The summed E-state index contributed by atoms with van der Waals surface area (Å²) in [6.45, 7) is 0. The number of hydrogen-bond donors (Lipinski definition) is 1. The van der Waals surface area contributed by atoms with Crippen molar-refractivity contribution < 1.29 is 21.6 Å². The molecule has 0 aliphatic rings. The summed E-state index contributed by atoms with van der Waals surface area (Å²) < 4.78 is 61.9. The number of rotatable bonds is 3. The van der Waals surface area contributed by atoms with E-state index in [1.54, 1.807) is 0 Å². The standard InChI is InChI=1S/C9H6BrF3N2O2S/c10-7-2-1-6(9(11,12)13)5-8(7)15-18(16,17)4-3-14/h1-2,5,15H,4H2. The van der Waals surface area contributed by atoms with Gasteiger partial charge in [-0.1, -0.05) is 0 Å². The van der Waals surface area contributed by atoms with Gasteiger partial charge in [-0.05, 0) is 34.1 Å². The largest absolute Gasteiger partial charge is 0.416 e. The van der Waals surface area contributed by atoms with Crippen molar-refractivity contribution in [3.8, 4) is 6.07 Å². The summed E-state index contributed by atoms with van der Waals surface area (Å²) in [5.74, 6) is -0.838. The minimum Gasteiger partial charge on any atom is -0.282 e. The van der Waals surface area contributed by atoms with Gasteiger partial charge in [-0.15, -0.1) is 0 Å². The second kappa shape index (κ2) is 5.16. The number of sulfonamides is 1. The van der Waals surface area contributed by atoms with Crippen molar-refractivity contribution in [1.29, 1.82) is 5.26 Å². The normalized spacial score (nSPS) is 11.9. The highest BCUT2D eigenvalue weighted by Crippen LogP contribution is 2.34. The molecule has 0 aliphatic carbocycles. The molecule has 0 radical (unpaired) electrons. The first-order valence-electron chi connectivity index (χ1n) is 4.40. The van der Waals surface area contributed by atoms with Gasteiger partial charge >= 0.3 is 6.18 Å². The van der Waals surface area contributed by atoms with Crippen molar-refractivity contribution in [3.05, 3.63) is 28.2 Å². The molecule has 0 saturated carbocycles. The van der Waals surface area contributed by atoms with E-state index in [4.69, 9.17) is 5.26 Å². The molecule has 0 spiro atoms. The van der Waals surface area contributed by atoms with Crippen LogP contribution in [0.1, 0.15) is 5.56 Å². The molecule has 1 aromatic carbocycles. The number of nitriles is 1. The molecule has 0 aromatic heterocycles. The van der Waals surface area contributed by atoms with Gasteiger partial charge in [-0.3, -0.25) is 4.72 Å². The predicted octanol–water partition coefficient (Wildman–Crippen LogP) is 2.73. The van der Waals surface area contributed by atoms with Crippen molar-refractivity contribution in [1.82, 2.24) is 0 Å². The molecular formula is C9H6BrF3N2O2S. The van der Waals surface area contributed by atoms with Gasteiger partial charge in [0.25, 0.3) is 0 Å². The minimum atomic E-state index is -4.57. The summed E-state index contributed by atoms with van der Waals surface area (Å²) in [7, 11) is -3.98. The van der Waals surface area contributed by atoms with Gasteiger partial charge in [0.15, 0.2) is 5.75 Å². The van der Waals surface area contributed by atoms with E-state index in [0.717, 1.165) is 12.1 Å². The summed E-state index contributed by atoms with van der Waals surface area (Å²) >= 11 is 2.92. The maximum atomic E-state index is 12.4. The van der Waals surface area contributed by atoms with Crippen LogP contribution in [0.3, 0.4) is 0 Å². The monoisotopic (exact) mass is 342 g/mol. The van der Waals surface area contributed by atoms with Crippen LogP contribution < -0.4 is 4.72 Å². The second-order valence-electron chi connectivity index (χ2n) is 3.21. The zero-order valence-corrected chi connectivity index (χ0v) is 11.0. The molecule has 1 rings (SSSR count). The molecule has 0 atom stereocenters. The van der Waals surface area contributed by atoms with E-state index < -0.39 is 27.5 Å². The van der Waals surface area contributed by atoms with Gasteiger partial charge in [-0.2, -0.15) is 18.4 Å². The lowest BCUT2D eigenvalue weighted by Crippen LogP contribution is -2.16. The van der Waals surface area contributed by atoms with Crippen LogP contribution in [0.15, 0.2) is 22.7 Å². The number of halogens is 4. The molecule has 0 heterocycles. The lowest BCUT2D eigenvalue weighted by atomic mass is 10.2. The Morgan fingerprint density at radius 1 is 1.39 bits per heavy atom. The van der Waals surface area contributed by atoms with E-state index in [2.05, 4.69) is 15.9 Å². The number of alkyl halides is 3. The Labute approximate surface area is 110 Å². The second-order valence-corrected chi connectivity index (χ2v) is 5.79. The van der Waals surface area contributed by atoms with E-state index in [1.807, 2.05) is 4.72 Å². The Bertz CT molecular complexity index is 593. The molecule has 1 aromatic rings.